The van der Waals surface area contributed by atoms with E-state index in [1.807, 2.05) is 12.1 Å². The van der Waals surface area contributed by atoms with Crippen molar-refractivity contribution in [1.82, 2.24) is 5.32 Å². The van der Waals surface area contributed by atoms with Gasteiger partial charge in [0.15, 0.2) is 0 Å². The van der Waals surface area contributed by atoms with E-state index >= 15 is 0 Å². The molecule has 6 nitrogen and oxygen atoms in total. The molecule has 1 heterocycles. The molecule has 21 heavy (non-hydrogen) atoms. The van der Waals surface area contributed by atoms with E-state index in [0.29, 0.717) is 11.5 Å². The number of methoxy groups -OCH3 is 1. The molecule has 0 aromatic heterocycles. The fourth-order valence-corrected chi connectivity index (χ4v) is 2.37. The number of nitrogens with zero attached hydrogens (tertiary/aromatic N) is 1. The third-order valence-electron chi connectivity index (χ3n) is 3.33. The quantitative estimate of drug-likeness (QED) is 0.861. The van der Waals surface area contributed by atoms with E-state index in [1.165, 1.54) is 0 Å². The van der Waals surface area contributed by atoms with Crippen molar-refractivity contribution >= 4 is 17.7 Å². The van der Waals surface area contributed by atoms with Crippen LogP contribution in [0.3, 0.4) is 0 Å². The van der Waals surface area contributed by atoms with Gasteiger partial charge < -0.3 is 14.8 Å². The van der Waals surface area contributed by atoms with Gasteiger partial charge in [-0.3, -0.25) is 4.79 Å². The minimum atomic E-state index is -0.630. The molecule has 0 saturated heterocycles. The van der Waals surface area contributed by atoms with Crippen LogP contribution in [0.5, 0.6) is 5.75 Å². The molecular formula is C15H18N2O4. The summed E-state index contributed by atoms with van der Waals surface area (Å²) >= 11 is 0. The summed E-state index contributed by atoms with van der Waals surface area (Å²) < 4.78 is 10.3. The van der Waals surface area contributed by atoms with E-state index in [2.05, 4.69) is 10.3 Å². The number of benzene rings is 1. The van der Waals surface area contributed by atoms with Crippen molar-refractivity contribution in [2.45, 2.75) is 19.9 Å². The van der Waals surface area contributed by atoms with E-state index in [4.69, 9.17) is 9.47 Å². The Morgan fingerprint density at radius 1 is 1.43 bits per heavy atom. The van der Waals surface area contributed by atoms with Gasteiger partial charge in [0.25, 0.3) is 0 Å². The van der Waals surface area contributed by atoms with Crippen LogP contribution in [-0.2, 0) is 9.53 Å². The lowest BCUT2D eigenvalue weighted by Crippen LogP contribution is -2.44. The van der Waals surface area contributed by atoms with Crippen LogP contribution in [0.25, 0.3) is 0 Å². The first-order valence-electron chi connectivity index (χ1n) is 6.73. The third kappa shape index (κ3) is 3.21. The number of carbonyl (C=O) groups is 2. The molecule has 1 N–H and O–H groups in total. The van der Waals surface area contributed by atoms with Crippen LogP contribution >= 0.6 is 0 Å². The Bertz CT molecular complexity index is 583. The molecular weight excluding hydrogens is 272 g/mol. The van der Waals surface area contributed by atoms with E-state index in [1.54, 1.807) is 33.1 Å². The van der Waals surface area contributed by atoms with Crippen LogP contribution in [0.2, 0.25) is 0 Å². The summed E-state index contributed by atoms with van der Waals surface area (Å²) in [5.74, 6) is -0.370. The molecule has 1 aromatic rings. The van der Waals surface area contributed by atoms with Crippen LogP contribution in [0.15, 0.2) is 29.3 Å². The van der Waals surface area contributed by atoms with E-state index in [-0.39, 0.29) is 6.61 Å². The predicted molar refractivity (Wildman–Crippen MR) is 77.5 cm³/mol. The van der Waals surface area contributed by atoms with Gasteiger partial charge in [0.2, 0.25) is 0 Å². The van der Waals surface area contributed by atoms with Crippen LogP contribution in [-0.4, -0.2) is 31.4 Å². The Morgan fingerprint density at radius 2 is 2.19 bits per heavy atom. The zero-order valence-electron chi connectivity index (χ0n) is 12.3. The Labute approximate surface area is 123 Å². The lowest BCUT2D eigenvalue weighted by Gasteiger charge is -2.29. The predicted octanol–water partition coefficient (Wildman–Crippen LogP) is 2.10. The maximum absolute atomic E-state index is 12.2. The van der Waals surface area contributed by atoms with Crippen LogP contribution < -0.4 is 10.1 Å². The number of aliphatic imine (C=N–C) groups is 1. The minimum Gasteiger partial charge on any atom is -0.497 e. The molecule has 0 spiro atoms. The molecule has 1 aromatic carbocycles. The maximum Gasteiger partial charge on any atom is 0.341 e. The van der Waals surface area contributed by atoms with Crippen LogP contribution in [0.4, 0.5) is 4.79 Å². The first kappa shape index (κ1) is 15.0. The highest BCUT2D eigenvalue weighted by atomic mass is 16.5. The molecule has 1 aliphatic rings. The Hall–Kier alpha value is -2.37. The van der Waals surface area contributed by atoms with Gasteiger partial charge in [0.1, 0.15) is 11.7 Å². The average Bonchev–Trinajstić information content (AvgIpc) is 2.46. The van der Waals surface area contributed by atoms with Crippen molar-refractivity contribution in [2.24, 2.45) is 10.9 Å². The van der Waals surface area contributed by atoms with Gasteiger partial charge in [-0.15, -0.1) is 0 Å². The van der Waals surface area contributed by atoms with E-state index < -0.39 is 24.0 Å². The van der Waals surface area contributed by atoms with Gasteiger partial charge in [-0.2, -0.15) is 0 Å². The smallest absolute Gasteiger partial charge is 0.341 e. The van der Waals surface area contributed by atoms with Gasteiger partial charge in [-0.1, -0.05) is 12.1 Å². The summed E-state index contributed by atoms with van der Waals surface area (Å²) in [6, 6.07) is 6.26. The van der Waals surface area contributed by atoms with Crippen molar-refractivity contribution in [2.75, 3.05) is 13.7 Å². The third-order valence-corrected chi connectivity index (χ3v) is 3.33. The number of amides is 2. The highest BCUT2D eigenvalue weighted by molar-refractivity contribution is 6.08. The number of nitrogens with one attached hydrogen (secondary N) is 1. The topological polar surface area (TPSA) is 77.0 Å². The summed E-state index contributed by atoms with van der Waals surface area (Å²) in [5.41, 5.74) is 1.22. The summed E-state index contributed by atoms with van der Waals surface area (Å²) in [7, 11) is 1.56. The minimum absolute atomic E-state index is 0.279. The molecule has 2 unspecified atom stereocenters. The second-order valence-electron chi connectivity index (χ2n) is 4.69. The first-order chi connectivity index (χ1) is 10.1. The molecule has 2 amide bonds. The van der Waals surface area contributed by atoms with Gasteiger partial charge in [-0.25, -0.2) is 9.79 Å². The summed E-state index contributed by atoms with van der Waals surface area (Å²) in [4.78, 5) is 27.6. The molecule has 0 aliphatic carbocycles. The second kappa shape index (κ2) is 6.39. The molecule has 0 saturated carbocycles. The molecule has 0 fully saturated rings. The van der Waals surface area contributed by atoms with Gasteiger partial charge >= 0.3 is 12.0 Å². The highest BCUT2D eigenvalue weighted by Gasteiger charge is 2.37. The standard InChI is InChI=1S/C15H18N2O4/c1-4-21-14(18)12-9(2)16-15(19)17-13(12)10-6-5-7-11(8-10)20-3/h5-8,12-13H,4H2,1-3H3,(H,17,19). The molecule has 2 rings (SSSR count). The number of hydrogen-bond donors (Lipinski definition) is 1. The number of hydrogen-bond acceptors (Lipinski definition) is 4. The summed E-state index contributed by atoms with van der Waals surface area (Å²) in [5, 5.41) is 2.72. The molecule has 0 radical (unpaired) electrons. The van der Waals surface area contributed by atoms with Crippen molar-refractivity contribution in [3.8, 4) is 5.75 Å². The van der Waals surface area contributed by atoms with Gasteiger partial charge in [-0.05, 0) is 31.5 Å². The highest BCUT2D eigenvalue weighted by Crippen LogP contribution is 2.29. The van der Waals surface area contributed by atoms with E-state index in [9.17, 15) is 9.59 Å². The zero-order valence-corrected chi connectivity index (χ0v) is 12.3. The largest absolute Gasteiger partial charge is 0.497 e. The number of carbonyl (C=O) groups excluding carboxylic acids is 2. The van der Waals surface area contributed by atoms with Crippen LogP contribution in [0.1, 0.15) is 25.5 Å². The second-order valence-corrected chi connectivity index (χ2v) is 4.69. The molecule has 6 heteroatoms. The number of esters is 1. The number of ether oxygens (including phenoxy) is 2. The summed E-state index contributed by atoms with van der Waals surface area (Å²) in [6.07, 6.45) is 0. The molecule has 112 valence electrons. The Morgan fingerprint density at radius 3 is 2.86 bits per heavy atom. The van der Waals surface area contributed by atoms with Gasteiger partial charge in [0.05, 0.1) is 19.8 Å². The SMILES string of the molecule is CCOC(=O)C1C(C)=NC(=O)NC1c1cccc(OC)c1. The molecule has 0 bridgehead atoms. The summed E-state index contributed by atoms with van der Waals surface area (Å²) in [6.45, 7) is 3.68. The van der Waals surface area contributed by atoms with Crippen molar-refractivity contribution < 1.29 is 19.1 Å². The molecule has 2 atom stereocenters. The van der Waals surface area contributed by atoms with Crippen molar-refractivity contribution in [3.05, 3.63) is 29.8 Å². The van der Waals surface area contributed by atoms with Gasteiger partial charge in [0, 0.05) is 5.71 Å². The Balaban J connectivity index is 2.39. The lowest BCUT2D eigenvalue weighted by atomic mass is 9.88. The monoisotopic (exact) mass is 290 g/mol. The first-order valence-corrected chi connectivity index (χ1v) is 6.73. The number of rotatable bonds is 4. The van der Waals surface area contributed by atoms with Crippen LogP contribution in [0, 0.1) is 5.92 Å². The van der Waals surface area contributed by atoms with Crippen molar-refractivity contribution in [1.29, 1.82) is 0 Å². The molecule has 1 aliphatic heterocycles. The lowest BCUT2D eigenvalue weighted by molar-refractivity contribution is -0.146. The number of urea groups is 1. The zero-order chi connectivity index (χ0) is 15.4. The fourth-order valence-electron chi connectivity index (χ4n) is 2.37. The average molecular weight is 290 g/mol. The normalized spacial score (nSPS) is 21.3. The maximum atomic E-state index is 12.2. The van der Waals surface area contributed by atoms with Crippen molar-refractivity contribution in [3.63, 3.8) is 0 Å². The van der Waals surface area contributed by atoms with E-state index in [0.717, 1.165) is 5.56 Å². The Kier molecular flexibility index (Phi) is 4.57. The fraction of sp³-hybridized carbons (Fsp3) is 0.400.